The third kappa shape index (κ3) is 4.76. The molecule has 112 valence electrons. The minimum atomic E-state index is -0.266. The van der Waals surface area contributed by atoms with Gasteiger partial charge in [0.1, 0.15) is 6.04 Å². The second-order valence-electron chi connectivity index (χ2n) is 6.04. The minimum absolute atomic E-state index is 0.0205. The van der Waals surface area contributed by atoms with E-state index < -0.39 is 0 Å². The van der Waals surface area contributed by atoms with Gasteiger partial charge in [0.25, 0.3) is 0 Å². The van der Waals surface area contributed by atoms with E-state index in [1.807, 2.05) is 64.0 Å². The third-order valence-electron chi connectivity index (χ3n) is 3.48. The summed E-state index contributed by atoms with van der Waals surface area (Å²) < 4.78 is 0. The molecule has 1 unspecified atom stereocenters. The molecule has 1 atom stereocenters. The Kier molecular flexibility index (Phi) is 5.43. The number of hydrogen-bond donors (Lipinski definition) is 2. The molecule has 2 N–H and O–H groups in total. The van der Waals surface area contributed by atoms with Gasteiger partial charge in [-0.15, -0.1) is 0 Å². The lowest BCUT2D eigenvalue weighted by molar-refractivity contribution is -0.123. The van der Waals surface area contributed by atoms with Gasteiger partial charge < -0.3 is 15.5 Å². The Hall–Kier alpha value is -1.71. The van der Waals surface area contributed by atoms with Gasteiger partial charge in [-0.25, -0.2) is 0 Å². The molecule has 1 rings (SSSR count). The quantitative estimate of drug-likeness (QED) is 0.840. The van der Waals surface area contributed by atoms with Crippen molar-refractivity contribution in [3.8, 4) is 0 Å². The summed E-state index contributed by atoms with van der Waals surface area (Å²) in [4.78, 5) is 14.2. The Labute approximate surface area is 122 Å². The van der Waals surface area contributed by atoms with Crippen LogP contribution < -0.4 is 15.5 Å². The Morgan fingerprint density at radius 2 is 2.00 bits per heavy atom. The molecule has 0 aliphatic heterocycles. The van der Waals surface area contributed by atoms with Crippen molar-refractivity contribution in [2.75, 3.05) is 24.3 Å². The molecule has 1 aromatic rings. The molecular weight excluding hydrogens is 250 g/mol. The summed E-state index contributed by atoms with van der Waals surface area (Å²) in [5.74, 6) is 0.0205. The van der Waals surface area contributed by atoms with E-state index >= 15 is 0 Å². The van der Waals surface area contributed by atoms with Crippen LogP contribution in [0.1, 0.15) is 34.1 Å². The number of benzene rings is 1. The molecule has 0 bridgehead atoms. The van der Waals surface area contributed by atoms with Gasteiger partial charge in [0.15, 0.2) is 0 Å². The van der Waals surface area contributed by atoms with E-state index in [4.69, 9.17) is 0 Å². The summed E-state index contributed by atoms with van der Waals surface area (Å²) in [5.41, 5.74) is 1.89. The van der Waals surface area contributed by atoms with Gasteiger partial charge >= 0.3 is 0 Å². The maximum atomic E-state index is 12.2. The highest BCUT2D eigenvalue weighted by Gasteiger charge is 2.21. The van der Waals surface area contributed by atoms with Crippen molar-refractivity contribution in [1.29, 1.82) is 0 Å². The van der Waals surface area contributed by atoms with Crippen molar-refractivity contribution in [3.05, 3.63) is 24.3 Å². The van der Waals surface area contributed by atoms with Crippen molar-refractivity contribution in [2.45, 2.75) is 45.7 Å². The van der Waals surface area contributed by atoms with Crippen LogP contribution in [0.3, 0.4) is 0 Å². The molecule has 0 spiro atoms. The fourth-order valence-electron chi connectivity index (χ4n) is 1.72. The highest BCUT2D eigenvalue weighted by atomic mass is 16.2. The number of carbonyl (C=O) groups excluding carboxylic acids is 1. The minimum Gasteiger partial charge on any atom is -0.378 e. The van der Waals surface area contributed by atoms with Crippen LogP contribution in [0.2, 0.25) is 0 Å². The molecule has 4 heteroatoms. The van der Waals surface area contributed by atoms with Crippen LogP contribution in [0, 0.1) is 0 Å². The van der Waals surface area contributed by atoms with Gasteiger partial charge in [-0.1, -0.05) is 13.0 Å². The summed E-state index contributed by atoms with van der Waals surface area (Å²) >= 11 is 0. The van der Waals surface area contributed by atoms with E-state index in [9.17, 15) is 4.79 Å². The monoisotopic (exact) mass is 277 g/mol. The van der Waals surface area contributed by atoms with Gasteiger partial charge in [-0.05, 0) is 45.4 Å². The highest BCUT2D eigenvalue weighted by molar-refractivity contribution is 5.85. The lowest BCUT2D eigenvalue weighted by Gasteiger charge is -2.27. The number of anilines is 2. The largest absolute Gasteiger partial charge is 0.378 e. The average molecular weight is 277 g/mol. The number of carbonyl (C=O) groups is 1. The van der Waals surface area contributed by atoms with Crippen molar-refractivity contribution in [2.24, 2.45) is 0 Å². The molecule has 0 fully saturated rings. The first-order valence-electron chi connectivity index (χ1n) is 7.11. The third-order valence-corrected chi connectivity index (χ3v) is 3.48. The summed E-state index contributed by atoms with van der Waals surface area (Å²) in [7, 11) is 4.00. The molecule has 4 nitrogen and oxygen atoms in total. The van der Waals surface area contributed by atoms with Crippen molar-refractivity contribution < 1.29 is 4.79 Å². The molecular formula is C16H27N3O. The van der Waals surface area contributed by atoms with E-state index in [-0.39, 0.29) is 17.5 Å². The number of amides is 1. The van der Waals surface area contributed by atoms with E-state index in [0.29, 0.717) is 0 Å². The van der Waals surface area contributed by atoms with Crippen LogP contribution in [0.25, 0.3) is 0 Å². The van der Waals surface area contributed by atoms with Crippen molar-refractivity contribution in [3.63, 3.8) is 0 Å². The number of hydrogen-bond acceptors (Lipinski definition) is 3. The molecule has 0 saturated heterocycles. The second-order valence-corrected chi connectivity index (χ2v) is 6.04. The summed E-state index contributed by atoms with van der Waals surface area (Å²) in [5, 5.41) is 6.30. The molecule has 1 aromatic carbocycles. The summed E-state index contributed by atoms with van der Waals surface area (Å²) in [6.45, 7) is 8.01. The summed E-state index contributed by atoms with van der Waals surface area (Å²) in [6.07, 6.45) is 0.904. The lowest BCUT2D eigenvalue weighted by Crippen LogP contribution is -2.48. The SMILES string of the molecule is CCC(C)(C)NC(=O)C(C)Nc1cccc(N(C)C)c1. The van der Waals surface area contributed by atoms with Gasteiger partial charge in [0.05, 0.1) is 0 Å². The van der Waals surface area contributed by atoms with Gasteiger partial charge in [0.2, 0.25) is 5.91 Å². The lowest BCUT2D eigenvalue weighted by atomic mass is 10.0. The Bertz CT molecular complexity index is 455. The molecule has 0 radical (unpaired) electrons. The van der Waals surface area contributed by atoms with Gasteiger partial charge in [-0.2, -0.15) is 0 Å². The Morgan fingerprint density at radius 1 is 1.35 bits per heavy atom. The number of rotatable bonds is 6. The van der Waals surface area contributed by atoms with Crippen LogP contribution in [0.15, 0.2) is 24.3 Å². The molecule has 0 aliphatic carbocycles. The van der Waals surface area contributed by atoms with Crippen molar-refractivity contribution >= 4 is 17.3 Å². The zero-order chi connectivity index (χ0) is 15.3. The maximum Gasteiger partial charge on any atom is 0.242 e. The highest BCUT2D eigenvalue weighted by Crippen LogP contribution is 2.18. The molecule has 20 heavy (non-hydrogen) atoms. The van der Waals surface area contributed by atoms with E-state index in [1.54, 1.807) is 0 Å². The Morgan fingerprint density at radius 3 is 2.55 bits per heavy atom. The first-order chi connectivity index (χ1) is 9.25. The van der Waals surface area contributed by atoms with E-state index in [0.717, 1.165) is 17.8 Å². The first-order valence-corrected chi connectivity index (χ1v) is 7.11. The molecule has 0 heterocycles. The predicted molar refractivity (Wildman–Crippen MR) is 86.4 cm³/mol. The predicted octanol–water partition coefficient (Wildman–Crippen LogP) is 2.86. The smallest absolute Gasteiger partial charge is 0.242 e. The fourth-order valence-corrected chi connectivity index (χ4v) is 1.72. The topological polar surface area (TPSA) is 44.4 Å². The van der Waals surface area contributed by atoms with Crippen LogP contribution in [0.5, 0.6) is 0 Å². The molecule has 0 saturated carbocycles. The normalized spacial score (nSPS) is 12.7. The van der Waals surface area contributed by atoms with E-state index in [2.05, 4.69) is 17.6 Å². The van der Waals surface area contributed by atoms with E-state index in [1.165, 1.54) is 0 Å². The first kappa shape index (κ1) is 16.3. The van der Waals surface area contributed by atoms with Crippen molar-refractivity contribution in [1.82, 2.24) is 5.32 Å². The zero-order valence-corrected chi connectivity index (χ0v) is 13.4. The van der Waals surface area contributed by atoms with Crippen LogP contribution in [-0.2, 0) is 4.79 Å². The van der Waals surface area contributed by atoms with Crippen LogP contribution in [0.4, 0.5) is 11.4 Å². The Balaban J connectivity index is 2.68. The number of nitrogens with zero attached hydrogens (tertiary/aromatic N) is 1. The molecule has 1 amide bonds. The fraction of sp³-hybridized carbons (Fsp3) is 0.562. The van der Waals surface area contributed by atoms with Crippen LogP contribution in [-0.4, -0.2) is 31.6 Å². The second kappa shape index (κ2) is 6.64. The standard InChI is InChI=1S/C16H27N3O/c1-7-16(3,4)18-15(20)12(2)17-13-9-8-10-14(11-13)19(5)6/h8-12,17H,7H2,1-6H3,(H,18,20). The zero-order valence-electron chi connectivity index (χ0n) is 13.4. The van der Waals surface area contributed by atoms with Gasteiger partial charge in [-0.3, -0.25) is 4.79 Å². The molecule has 0 aromatic heterocycles. The summed E-state index contributed by atoms with van der Waals surface area (Å²) in [6, 6.07) is 7.77. The molecule has 0 aliphatic rings. The van der Waals surface area contributed by atoms with Gasteiger partial charge in [0, 0.05) is 31.0 Å². The maximum absolute atomic E-state index is 12.2. The average Bonchev–Trinajstić information content (AvgIpc) is 2.38. The number of nitrogens with one attached hydrogen (secondary N) is 2. The van der Waals surface area contributed by atoms with Crippen LogP contribution >= 0.6 is 0 Å².